The minimum absolute atomic E-state index is 0.0562. The van der Waals surface area contributed by atoms with Gasteiger partial charge in [-0.1, -0.05) is 89.2 Å². The van der Waals surface area contributed by atoms with Crippen molar-refractivity contribution in [3.05, 3.63) is 77.4 Å². The number of rotatable bonds is 1. The lowest BCUT2D eigenvalue weighted by molar-refractivity contribution is 0.590. The maximum atomic E-state index is 6.51. The van der Waals surface area contributed by atoms with Crippen molar-refractivity contribution in [3.8, 4) is 22.3 Å². The van der Waals surface area contributed by atoms with Gasteiger partial charge in [-0.2, -0.15) is 0 Å². The van der Waals surface area contributed by atoms with Gasteiger partial charge < -0.3 is 5.73 Å². The number of benzene rings is 3. The van der Waals surface area contributed by atoms with E-state index < -0.39 is 0 Å². The highest BCUT2D eigenvalue weighted by atomic mass is 14.6. The third kappa shape index (κ3) is 2.38. The molecule has 0 heterocycles. The summed E-state index contributed by atoms with van der Waals surface area (Å²) in [4.78, 5) is 0. The molecule has 0 aliphatic heterocycles. The van der Waals surface area contributed by atoms with Crippen LogP contribution in [0.1, 0.15) is 51.3 Å². The van der Waals surface area contributed by atoms with Crippen LogP contribution >= 0.6 is 0 Å². The number of hydrogen-bond donors (Lipinski definition) is 1. The lowest BCUT2D eigenvalue weighted by Gasteiger charge is -2.26. The molecule has 3 aromatic carbocycles. The van der Waals surface area contributed by atoms with E-state index >= 15 is 0 Å². The van der Waals surface area contributed by atoms with E-state index in [1.165, 1.54) is 38.9 Å². The standard InChI is InChI=1S/C25H27N/c1-24(2,3)17-12-10-16(11-13-17)22-21(26)15-14-19-18-8-6-7-9-20(18)25(4,5)23(19)22/h6-15H,26H2,1-5H3. The number of fused-ring (bicyclic) bond motifs is 3. The molecule has 0 fully saturated rings. The second-order valence-corrected chi connectivity index (χ2v) is 8.95. The topological polar surface area (TPSA) is 26.0 Å². The summed E-state index contributed by atoms with van der Waals surface area (Å²) in [6.45, 7) is 11.4. The van der Waals surface area contributed by atoms with Crippen molar-refractivity contribution in [2.45, 2.75) is 45.4 Å². The first-order valence-electron chi connectivity index (χ1n) is 9.35. The van der Waals surface area contributed by atoms with Crippen LogP contribution in [0, 0.1) is 0 Å². The summed E-state index contributed by atoms with van der Waals surface area (Å²) in [5, 5.41) is 0. The number of hydrogen-bond acceptors (Lipinski definition) is 1. The van der Waals surface area contributed by atoms with Crippen LogP contribution < -0.4 is 5.73 Å². The van der Waals surface area contributed by atoms with Crippen LogP contribution in [0.2, 0.25) is 0 Å². The average molecular weight is 341 g/mol. The molecule has 132 valence electrons. The van der Waals surface area contributed by atoms with Gasteiger partial charge in [0.1, 0.15) is 0 Å². The van der Waals surface area contributed by atoms with Crippen molar-refractivity contribution in [3.63, 3.8) is 0 Å². The van der Waals surface area contributed by atoms with Crippen molar-refractivity contribution >= 4 is 5.69 Å². The largest absolute Gasteiger partial charge is 0.398 e. The molecular weight excluding hydrogens is 314 g/mol. The molecule has 0 spiro atoms. The maximum Gasteiger partial charge on any atom is 0.0397 e. The average Bonchev–Trinajstić information content (AvgIpc) is 2.83. The second kappa shape index (κ2) is 5.48. The predicted molar refractivity (Wildman–Crippen MR) is 113 cm³/mol. The molecule has 1 aliphatic carbocycles. The molecule has 0 amide bonds. The van der Waals surface area contributed by atoms with Crippen molar-refractivity contribution in [1.82, 2.24) is 0 Å². The molecule has 4 rings (SSSR count). The van der Waals surface area contributed by atoms with Crippen LogP contribution in [0.15, 0.2) is 60.7 Å². The van der Waals surface area contributed by atoms with E-state index in [4.69, 9.17) is 5.73 Å². The summed E-state index contributed by atoms with van der Waals surface area (Å²) in [6, 6.07) is 21.9. The van der Waals surface area contributed by atoms with Gasteiger partial charge in [0.05, 0.1) is 0 Å². The quantitative estimate of drug-likeness (QED) is 0.500. The molecular formula is C25H27N. The summed E-state index contributed by atoms with van der Waals surface area (Å²) in [5.41, 5.74) is 16.6. The fraction of sp³-hybridized carbons (Fsp3) is 0.280. The lowest BCUT2D eigenvalue weighted by Crippen LogP contribution is -2.17. The Bertz CT molecular complexity index is 986. The molecule has 0 aromatic heterocycles. The van der Waals surface area contributed by atoms with E-state index in [1.54, 1.807) is 0 Å². The monoisotopic (exact) mass is 341 g/mol. The van der Waals surface area contributed by atoms with Crippen LogP contribution in [0.5, 0.6) is 0 Å². The highest BCUT2D eigenvalue weighted by molar-refractivity contribution is 5.93. The van der Waals surface area contributed by atoms with Crippen molar-refractivity contribution in [2.75, 3.05) is 5.73 Å². The second-order valence-electron chi connectivity index (χ2n) is 8.95. The number of anilines is 1. The Balaban J connectivity index is 1.96. The maximum absolute atomic E-state index is 6.51. The van der Waals surface area contributed by atoms with Gasteiger partial charge in [0.15, 0.2) is 0 Å². The molecule has 0 unspecified atom stereocenters. The Morgan fingerprint density at radius 3 is 2.08 bits per heavy atom. The fourth-order valence-corrected chi connectivity index (χ4v) is 4.34. The number of nitrogens with two attached hydrogens (primary N) is 1. The zero-order valence-electron chi connectivity index (χ0n) is 16.4. The Labute approximate surface area is 156 Å². The molecule has 0 radical (unpaired) electrons. The van der Waals surface area contributed by atoms with Crippen molar-refractivity contribution < 1.29 is 0 Å². The zero-order valence-corrected chi connectivity index (χ0v) is 16.4. The summed E-state index contributed by atoms with van der Waals surface area (Å²) in [7, 11) is 0. The van der Waals surface area contributed by atoms with Gasteiger partial charge in [-0.25, -0.2) is 0 Å². The highest BCUT2D eigenvalue weighted by Crippen LogP contribution is 2.53. The van der Waals surface area contributed by atoms with Crippen LogP contribution in [-0.4, -0.2) is 0 Å². The molecule has 0 atom stereocenters. The van der Waals surface area contributed by atoms with E-state index in [0.717, 1.165) is 5.69 Å². The van der Waals surface area contributed by atoms with Gasteiger partial charge in [-0.3, -0.25) is 0 Å². The van der Waals surface area contributed by atoms with Gasteiger partial charge >= 0.3 is 0 Å². The smallest absolute Gasteiger partial charge is 0.0397 e. The first-order chi connectivity index (χ1) is 12.2. The summed E-state index contributed by atoms with van der Waals surface area (Å²) in [5.74, 6) is 0. The molecule has 1 heteroatoms. The van der Waals surface area contributed by atoms with Crippen LogP contribution in [0.4, 0.5) is 5.69 Å². The van der Waals surface area contributed by atoms with E-state index in [2.05, 4.69) is 95.3 Å². The summed E-state index contributed by atoms with van der Waals surface area (Å²) < 4.78 is 0. The van der Waals surface area contributed by atoms with E-state index in [0.29, 0.717) is 0 Å². The summed E-state index contributed by atoms with van der Waals surface area (Å²) in [6.07, 6.45) is 0. The van der Waals surface area contributed by atoms with Crippen molar-refractivity contribution in [1.29, 1.82) is 0 Å². The van der Waals surface area contributed by atoms with Crippen LogP contribution in [-0.2, 0) is 10.8 Å². The first-order valence-corrected chi connectivity index (χ1v) is 9.35. The van der Waals surface area contributed by atoms with Crippen LogP contribution in [0.3, 0.4) is 0 Å². The molecule has 0 saturated carbocycles. The van der Waals surface area contributed by atoms with E-state index in [9.17, 15) is 0 Å². The van der Waals surface area contributed by atoms with Gasteiger partial charge in [0.25, 0.3) is 0 Å². The Morgan fingerprint density at radius 2 is 1.42 bits per heavy atom. The number of nitrogen functional groups attached to an aromatic ring is 1. The molecule has 2 N–H and O–H groups in total. The normalized spacial score (nSPS) is 14.8. The Kier molecular flexibility index (Phi) is 3.56. The fourth-order valence-electron chi connectivity index (χ4n) is 4.34. The van der Waals surface area contributed by atoms with E-state index in [1.807, 2.05) is 0 Å². The third-order valence-electron chi connectivity index (χ3n) is 5.79. The summed E-state index contributed by atoms with van der Waals surface area (Å²) >= 11 is 0. The molecule has 1 aliphatic rings. The van der Waals surface area contributed by atoms with Crippen LogP contribution in [0.25, 0.3) is 22.3 Å². The molecule has 3 aromatic rings. The SMILES string of the molecule is CC(C)(C)c1ccc(-c2c(N)ccc3c2C(C)(C)c2ccccc2-3)cc1. The minimum Gasteiger partial charge on any atom is -0.398 e. The Morgan fingerprint density at radius 1 is 0.769 bits per heavy atom. The van der Waals surface area contributed by atoms with Gasteiger partial charge in [0, 0.05) is 16.7 Å². The predicted octanol–water partition coefficient (Wildman–Crippen LogP) is 6.54. The first kappa shape index (κ1) is 16.9. The molecule has 26 heavy (non-hydrogen) atoms. The van der Waals surface area contributed by atoms with Gasteiger partial charge in [-0.15, -0.1) is 0 Å². The zero-order chi connectivity index (χ0) is 18.7. The van der Waals surface area contributed by atoms with E-state index in [-0.39, 0.29) is 10.8 Å². The molecule has 0 bridgehead atoms. The third-order valence-corrected chi connectivity index (χ3v) is 5.79. The van der Waals surface area contributed by atoms with Gasteiger partial charge in [0.2, 0.25) is 0 Å². The Hall–Kier alpha value is -2.54. The lowest BCUT2D eigenvalue weighted by atomic mass is 9.78. The molecule has 0 saturated heterocycles. The minimum atomic E-state index is -0.0562. The van der Waals surface area contributed by atoms with Crippen molar-refractivity contribution in [2.24, 2.45) is 0 Å². The molecule has 1 nitrogen and oxygen atoms in total. The van der Waals surface area contributed by atoms with Gasteiger partial charge in [-0.05, 0) is 44.9 Å². The highest BCUT2D eigenvalue weighted by Gasteiger charge is 2.38.